The van der Waals surface area contributed by atoms with E-state index in [0.717, 1.165) is 17.0 Å². The van der Waals surface area contributed by atoms with Gasteiger partial charge in [0.05, 0.1) is 5.71 Å². The number of anilines is 1. The number of thiocarbonyl (C=S) groups is 1. The molecule has 0 aliphatic carbocycles. The molecule has 120 valence electrons. The fourth-order valence-electron chi connectivity index (χ4n) is 2.09. The van der Waals surface area contributed by atoms with Crippen LogP contribution in [0.1, 0.15) is 30.0 Å². The topological polar surface area (TPSA) is 36.4 Å². The number of hydrogen-bond acceptors (Lipinski definition) is 2. The van der Waals surface area contributed by atoms with Crippen LogP contribution in [0.4, 0.5) is 10.1 Å². The van der Waals surface area contributed by atoms with Crippen LogP contribution >= 0.6 is 12.2 Å². The van der Waals surface area contributed by atoms with E-state index in [1.165, 1.54) is 23.3 Å². The minimum atomic E-state index is -0.260. The summed E-state index contributed by atoms with van der Waals surface area (Å²) in [6.45, 7) is 6.11. The molecule has 0 unspecified atom stereocenters. The van der Waals surface area contributed by atoms with E-state index in [1.54, 1.807) is 12.1 Å². The minimum absolute atomic E-state index is 0.260. The van der Waals surface area contributed by atoms with Gasteiger partial charge in [-0.3, -0.25) is 5.43 Å². The van der Waals surface area contributed by atoms with E-state index in [1.807, 2.05) is 25.1 Å². The fourth-order valence-corrected chi connectivity index (χ4v) is 2.25. The first-order valence-corrected chi connectivity index (χ1v) is 7.87. The van der Waals surface area contributed by atoms with Gasteiger partial charge in [0.25, 0.3) is 0 Å². The van der Waals surface area contributed by atoms with E-state index in [0.29, 0.717) is 11.5 Å². The third kappa shape index (κ3) is 4.86. The Kier molecular flexibility index (Phi) is 5.82. The summed E-state index contributed by atoms with van der Waals surface area (Å²) in [5.41, 5.74) is 7.88. The van der Waals surface area contributed by atoms with Crippen molar-refractivity contribution in [2.75, 3.05) is 5.32 Å². The van der Waals surface area contributed by atoms with Crippen molar-refractivity contribution >= 4 is 28.7 Å². The van der Waals surface area contributed by atoms with Crippen molar-refractivity contribution < 1.29 is 4.39 Å². The molecule has 0 aromatic heterocycles. The SMILES string of the molecule is CC/C(=N/NC(=S)Nc1ccc(C)c(C)c1)c1ccc(F)cc1. The quantitative estimate of drug-likeness (QED) is 0.491. The van der Waals surface area contributed by atoms with Gasteiger partial charge >= 0.3 is 0 Å². The summed E-state index contributed by atoms with van der Waals surface area (Å²) in [4.78, 5) is 0. The van der Waals surface area contributed by atoms with Gasteiger partial charge in [-0.2, -0.15) is 5.10 Å². The highest BCUT2D eigenvalue weighted by Crippen LogP contribution is 2.14. The summed E-state index contributed by atoms with van der Waals surface area (Å²) in [7, 11) is 0. The predicted octanol–water partition coefficient (Wildman–Crippen LogP) is 4.54. The maximum Gasteiger partial charge on any atom is 0.191 e. The molecule has 23 heavy (non-hydrogen) atoms. The van der Waals surface area contributed by atoms with Crippen LogP contribution in [-0.4, -0.2) is 10.8 Å². The van der Waals surface area contributed by atoms with Crippen molar-refractivity contribution in [3.05, 3.63) is 65.0 Å². The molecule has 2 aromatic carbocycles. The molecule has 0 amide bonds. The molecule has 0 aliphatic heterocycles. The van der Waals surface area contributed by atoms with Crippen LogP contribution in [0.5, 0.6) is 0 Å². The summed E-state index contributed by atoms with van der Waals surface area (Å²) < 4.78 is 13.0. The Balaban J connectivity index is 2.03. The van der Waals surface area contributed by atoms with Gasteiger partial charge in [-0.1, -0.05) is 25.1 Å². The largest absolute Gasteiger partial charge is 0.331 e. The molecule has 2 rings (SSSR count). The molecular formula is C18H20FN3S. The number of benzene rings is 2. The fraction of sp³-hybridized carbons (Fsp3) is 0.222. The lowest BCUT2D eigenvalue weighted by Crippen LogP contribution is -2.25. The lowest BCUT2D eigenvalue weighted by Gasteiger charge is -2.10. The van der Waals surface area contributed by atoms with Crippen LogP contribution in [0, 0.1) is 19.7 Å². The van der Waals surface area contributed by atoms with Gasteiger partial charge < -0.3 is 5.32 Å². The molecule has 0 aliphatic rings. The number of aryl methyl sites for hydroxylation is 2. The monoisotopic (exact) mass is 329 g/mol. The second-order valence-corrected chi connectivity index (χ2v) is 5.69. The first-order valence-electron chi connectivity index (χ1n) is 7.46. The Morgan fingerprint density at radius 3 is 2.39 bits per heavy atom. The van der Waals surface area contributed by atoms with Gasteiger partial charge in [-0.15, -0.1) is 0 Å². The summed E-state index contributed by atoms with van der Waals surface area (Å²) >= 11 is 5.26. The Morgan fingerprint density at radius 1 is 1.09 bits per heavy atom. The summed E-state index contributed by atoms with van der Waals surface area (Å²) in [5.74, 6) is -0.260. The molecule has 3 nitrogen and oxygen atoms in total. The van der Waals surface area contributed by atoms with Gasteiger partial charge in [0, 0.05) is 5.69 Å². The second-order valence-electron chi connectivity index (χ2n) is 5.28. The lowest BCUT2D eigenvalue weighted by molar-refractivity contribution is 0.627. The van der Waals surface area contributed by atoms with Crippen molar-refractivity contribution in [1.29, 1.82) is 0 Å². The van der Waals surface area contributed by atoms with E-state index in [9.17, 15) is 4.39 Å². The van der Waals surface area contributed by atoms with Crippen molar-refractivity contribution in [3.63, 3.8) is 0 Å². The average Bonchev–Trinajstić information content (AvgIpc) is 2.53. The highest BCUT2D eigenvalue weighted by molar-refractivity contribution is 7.80. The van der Waals surface area contributed by atoms with Crippen LogP contribution in [-0.2, 0) is 0 Å². The van der Waals surface area contributed by atoms with Gasteiger partial charge in [-0.05, 0) is 73.4 Å². The van der Waals surface area contributed by atoms with Crippen LogP contribution in [0.25, 0.3) is 0 Å². The zero-order chi connectivity index (χ0) is 16.8. The van der Waals surface area contributed by atoms with E-state index >= 15 is 0 Å². The second kappa shape index (κ2) is 7.83. The van der Waals surface area contributed by atoms with Crippen LogP contribution < -0.4 is 10.7 Å². The van der Waals surface area contributed by atoms with E-state index in [2.05, 4.69) is 29.7 Å². The molecule has 0 spiro atoms. The maximum atomic E-state index is 13.0. The van der Waals surface area contributed by atoms with Crippen molar-refractivity contribution in [1.82, 2.24) is 5.43 Å². The highest BCUT2D eigenvalue weighted by atomic mass is 32.1. The number of nitrogens with one attached hydrogen (secondary N) is 2. The summed E-state index contributed by atoms with van der Waals surface area (Å²) in [6, 6.07) is 12.3. The third-order valence-electron chi connectivity index (χ3n) is 3.57. The van der Waals surface area contributed by atoms with Crippen LogP contribution in [0.3, 0.4) is 0 Å². The first kappa shape index (κ1) is 17.1. The average molecular weight is 329 g/mol. The van der Waals surface area contributed by atoms with Gasteiger partial charge in [0.15, 0.2) is 5.11 Å². The third-order valence-corrected chi connectivity index (χ3v) is 3.76. The van der Waals surface area contributed by atoms with E-state index in [-0.39, 0.29) is 5.82 Å². The molecule has 0 saturated carbocycles. The Hall–Kier alpha value is -2.27. The number of nitrogens with zero attached hydrogens (tertiary/aromatic N) is 1. The van der Waals surface area contributed by atoms with Gasteiger partial charge in [0.1, 0.15) is 5.82 Å². The molecule has 2 aromatic rings. The lowest BCUT2D eigenvalue weighted by atomic mass is 10.1. The Morgan fingerprint density at radius 2 is 1.78 bits per heavy atom. The highest BCUT2D eigenvalue weighted by Gasteiger charge is 2.03. The predicted molar refractivity (Wildman–Crippen MR) is 98.5 cm³/mol. The van der Waals surface area contributed by atoms with E-state index < -0.39 is 0 Å². The minimum Gasteiger partial charge on any atom is -0.331 e. The summed E-state index contributed by atoms with van der Waals surface area (Å²) in [6.07, 6.45) is 0.713. The normalized spacial score (nSPS) is 11.2. The smallest absolute Gasteiger partial charge is 0.191 e. The zero-order valence-electron chi connectivity index (χ0n) is 13.5. The summed E-state index contributed by atoms with van der Waals surface area (Å²) in [5, 5.41) is 7.84. The standard InChI is InChI=1S/C18H20FN3S/c1-4-17(14-6-8-15(19)9-7-14)21-22-18(23)20-16-10-5-12(2)13(3)11-16/h5-11H,4H2,1-3H3,(H2,20,22,23)/b21-17-. The van der Waals surface area contributed by atoms with Gasteiger partial charge in [0.2, 0.25) is 0 Å². The molecule has 0 heterocycles. The molecule has 0 radical (unpaired) electrons. The van der Waals surface area contributed by atoms with Crippen molar-refractivity contribution in [2.24, 2.45) is 5.10 Å². The number of rotatable bonds is 4. The molecule has 5 heteroatoms. The zero-order valence-corrected chi connectivity index (χ0v) is 14.3. The maximum absolute atomic E-state index is 13.0. The molecule has 0 fully saturated rings. The number of halogens is 1. The van der Waals surface area contributed by atoms with Crippen LogP contribution in [0.2, 0.25) is 0 Å². The van der Waals surface area contributed by atoms with Crippen molar-refractivity contribution in [2.45, 2.75) is 27.2 Å². The van der Waals surface area contributed by atoms with Crippen molar-refractivity contribution in [3.8, 4) is 0 Å². The number of hydrogen-bond donors (Lipinski definition) is 2. The molecule has 2 N–H and O–H groups in total. The number of hydrazone groups is 1. The molecule has 0 atom stereocenters. The van der Waals surface area contributed by atoms with E-state index in [4.69, 9.17) is 12.2 Å². The molecular weight excluding hydrogens is 309 g/mol. The van der Waals surface area contributed by atoms with Gasteiger partial charge in [-0.25, -0.2) is 4.39 Å². The first-order chi connectivity index (χ1) is 11.0. The molecule has 0 saturated heterocycles. The molecule has 0 bridgehead atoms. The van der Waals surface area contributed by atoms with Crippen LogP contribution in [0.15, 0.2) is 47.6 Å². The Labute approximate surface area is 141 Å². The Bertz CT molecular complexity index is 724.